The smallest absolute Gasteiger partial charge is 0.251 e. The highest BCUT2D eigenvalue weighted by molar-refractivity contribution is 5.95. The van der Waals surface area contributed by atoms with Crippen LogP contribution in [0.25, 0.3) is 10.9 Å². The highest BCUT2D eigenvalue weighted by Crippen LogP contribution is 2.13. The zero-order chi connectivity index (χ0) is 13.9. The molecule has 0 atom stereocenters. The number of aromatic amines is 1. The van der Waals surface area contributed by atoms with Crippen LogP contribution in [0.2, 0.25) is 0 Å². The van der Waals surface area contributed by atoms with Crippen LogP contribution in [0.5, 0.6) is 0 Å². The number of nitrogens with one attached hydrogen (secondary N) is 2. The first-order chi connectivity index (χ1) is 9.74. The molecule has 0 aliphatic heterocycles. The Morgan fingerprint density at radius 1 is 1.25 bits per heavy atom. The van der Waals surface area contributed by atoms with Crippen molar-refractivity contribution in [1.82, 2.24) is 15.5 Å². The third-order valence-electron chi connectivity index (χ3n) is 3.35. The molecule has 0 radical (unpaired) electrons. The van der Waals surface area contributed by atoms with Crippen LogP contribution in [-0.4, -0.2) is 16.1 Å². The lowest BCUT2D eigenvalue weighted by Gasteiger charge is -2.07. The number of hydrogen-bond acceptors (Lipinski definition) is 2. The van der Waals surface area contributed by atoms with Gasteiger partial charge in [0.1, 0.15) is 0 Å². The van der Waals surface area contributed by atoms with E-state index in [1.165, 1.54) is 0 Å². The molecule has 0 aliphatic carbocycles. The van der Waals surface area contributed by atoms with Gasteiger partial charge in [-0.3, -0.25) is 9.89 Å². The van der Waals surface area contributed by atoms with Gasteiger partial charge in [-0.15, -0.1) is 0 Å². The molecule has 100 valence electrons. The van der Waals surface area contributed by atoms with Crippen molar-refractivity contribution in [2.75, 3.05) is 0 Å². The van der Waals surface area contributed by atoms with Crippen LogP contribution < -0.4 is 5.32 Å². The van der Waals surface area contributed by atoms with E-state index in [1.54, 1.807) is 6.20 Å². The van der Waals surface area contributed by atoms with E-state index >= 15 is 0 Å². The number of fused-ring (bicyclic) bond motifs is 1. The molecule has 3 rings (SSSR count). The number of nitrogens with zero attached hydrogens (tertiary/aromatic N) is 1. The average Bonchev–Trinajstić information content (AvgIpc) is 2.92. The van der Waals surface area contributed by atoms with Crippen LogP contribution in [-0.2, 0) is 6.54 Å². The Labute approximate surface area is 116 Å². The lowest BCUT2D eigenvalue weighted by Crippen LogP contribution is -2.23. The van der Waals surface area contributed by atoms with E-state index in [4.69, 9.17) is 0 Å². The number of amides is 1. The van der Waals surface area contributed by atoms with E-state index < -0.39 is 0 Å². The quantitative estimate of drug-likeness (QED) is 0.765. The van der Waals surface area contributed by atoms with Crippen LogP contribution in [0.3, 0.4) is 0 Å². The number of hydrogen-bond donors (Lipinski definition) is 2. The van der Waals surface area contributed by atoms with Crippen molar-refractivity contribution in [2.45, 2.75) is 13.5 Å². The zero-order valence-corrected chi connectivity index (χ0v) is 11.2. The Bertz CT molecular complexity index is 761. The number of rotatable bonds is 3. The predicted octanol–water partition coefficient (Wildman–Crippen LogP) is 2.80. The number of aryl methyl sites for hydroxylation is 1. The minimum Gasteiger partial charge on any atom is -0.348 e. The van der Waals surface area contributed by atoms with Gasteiger partial charge >= 0.3 is 0 Å². The SMILES string of the molecule is Cc1ccccc1C(=O)NCc1ccc2cn[nH]c2c1. The Morgan fingerprint density at radius 3 is 2.95 bits per heavy atom. The van der Waals surface area contributed by atoms with Crippen LogP contribution >= 0.6 is 0 Å². The maximum absolute atomic E-state index is 12.1. The molecule has 4 nitrogen and oxygen atoms in total. The molecular weight excluding hydrogens is 250 g/mol. The Kier molecular flexibility index (Phi) is 3.21. The molecule has 0 aliphatic rings. The molecule has 2 aromatic carbocycles. The van der Waals surface area contributed by atoms with E-state index in [-0.39, 0.29) is 5.91 Å². The minimum absolute atomic E-state index is 0.0483. The number of carbonyl (C=O) groups excluding carboxylic acids is 1. The van der Waals surface area contributed by atoms with Crippen molar-refractivity contribution >= 4 is 16.8 Å². The van der Waals surface area contributed by atoms with Gasteiger partial charge in [-0.05, 0) is 30.2 Å². The first-order valence-corrected chi connectivity index (χ1v) is 6.50. The van der Waals surface area contributed by atoms with Crippen molar-refractivity contribution in [3.05, 3.63) is 65.4 Å². The van der Waals surface area contributed by atoms with E-state index in [0.29, 0.717) is 6.54 Å². The summed E-state index contributed by atoms with van der Waals surface area (Å²) in [4.78, 5) is 12.1. The van der Waals surface area contributed by atoms with Crippen LogP contribution in [0.15, 0.2) is 48.7 Å². The fraction of sp³-hybridized carbons (Fsp3) is 0.125. The first kappa shape index (κ1) is 12.4. The molecule has 0 saturated heterocycles. The lowest BCUT2D eigenvalue weighted by atomic mass is 10.1. The molecule has 0 spiro atoms. The van der Waals surface area contributed by atoms with Crippen molar-refractivity contribution in [1.29, 1.82) is 0 Å². The molecular formula is C16H15N3O. The summed E-state index contributed by atoms with van der Waals surface area (Å²) >= 11 is 0. The summed E-state index contributed by atoms with van der Waals surface area (Å²) in [6.45, 7) is 2.44. The van der Waals surface area contributed by atoms with Crippen LogP contribution in [0.1, 0.15) is 21.5 Å². The number of benzene rings is 2. The summed E-state index contributed by atoms with van der Waals surface area (Å²) in [6, 6.07) is 13.6. The number of carbonyl (C=O) groups is 1. The summed E-state index contributed by atoms with van der Waals surface area (Å²) in [5.74, 6) is -0.0483. The summed E-state index contributed by atoms with van der Waals surface area (Å²) < 4.78 is 0. The monoisotopic (exact) mass is 265 g/mol. The van der Waals surface area contributed by atoms with Crippen molar-refractivity contribution in [3.8, 4) is 0 Å². The van der Waals surface area contributed by atoms with Gasteiger partial charge in [0.15, 0.2) is 0 Å². The Morgan fingerprint density at radius 2 is 2.10 bits per heavy atom. The van der Waals surface area contributed by atoms with E-state index in [0.717, 1.165) is 27.6 Å². The first-order valence-electron chi connectivity index (χ1n) is 6.50. The molecule has 1 amide bonds. The lowest BCUT2D eigenvalue weighted by molar-refractivity contribution is 0.0950. The number of aromatic nitrogens is 2. The molecule has 1 heterocycles. The van der Waals surface area contributed by atoms with Crippen LogP contribution in [0, 0.1) is 6.92 Å². The van der Waals surface area contributed by atoms with Gasteiger partial charge in [0.25, 0.3) is 5.91 Å². The largest absolute Gasteiger partial charge is 0.348 e. The molecule has 0 unspecified atom stereocenters. The molecule has 0 fully saturated rings. The van der Waals surface area contributed by atoms with Crippen LogP contribution in [0.4, 0.5) is 0 Å². The van der Waals surface area contributed by atoms with Gasteiger partial charge in [-0.1, -0.05) is 30.3 Å². The fourth-order valence-electron chi connectivity index (χ4n) is 2.20. The Balaban J connectivity index is 1.73. The van der Waals surface area contributed by atoms with Crippen molar-refractivity contribution in [2.24, 2.45) is 0 Å². The summed E-state index contributed by atoms with van der Waals surface area (Å²) in [5, 5.41) is 10.9. The standard InChI is InChI=1S/C16H15N3O/c1-11-4-2-3-5-14(11)16(20)17-9-12-6-7-13-10-18-19-15(13)8-12/h2-8,10H,9H2,1H3,(H,17,20)(H,18,19). The number of H-pyrrole nitrogens is 1. The zero-order valence-electron chi connectivity index (χ0n) is 11.2. The van der Waals surface area contributed by atoms with Gasteiger partial charge in [-0.2, -0.15) is 5.10 Å². The molecule has 20 heavy (non-hydrogen) atoms. The maximum atomic E-state index is 12.1. The summed E-state index contributed by atoms with van der Waals surface area (Å²) in [5.41, 5.74) is 3.72. The van der Waals surface area contributed by atoms with E-state index in [9.17, 15) is 4.79 Å². The second-order valence-electron chi connectivity index (χ2n) is 4.79. The second kappa shape index (κ2) is 5.17. The fourth-order valence-corrected chi connectivity index (χ4v) is 2.20. The second-order valence-corrected chi connectivity index (χ2v) is 4.79. The maximum Gasteiger partial charge on any atom is 0.251 e. The van der Waals surface area contributed by atoms with Gasteiger partial charge in [0.2, 0.25) is 0 Å². The third-order valence-corrected chi connectivity index (χ3v) is 3.35. The highest BCUT2D eigenvalue weighted by atomic mass is 16.1. The van der Waals surface area contributed by atoms with Gasteiger partial charge < -0.3 is 5.32 Å². The Hall–Kier alpha value is -2.62. The van der Waals surface area contributed by atoms with Gasteiger partial charge in [0.05, 0.1) is 11.7 Å². The molecule has 1 aromatic heterocycles. The predicted molar refractivity (Wildman–Crippen MR) is 78.4 cm³/mol. The van der Waals surface area contributed by atoms with E-state index in [2.05, 4.69) is 15.5 Å². The molecule has 0 bridgehead atoms. The van der Waals surface area contributed by atoms with E-state index in [1.807, 2.05) is 49.4 Å². The topological polar surface area (TPSA) is 57.8 Å². The molecule has 2 N–H and O–H groups in total. The summed E-state index contributed by atoms with van der Waals surface area (Å²) in [7, 11) is 0. The highest BCUT2D eigenvalue weighted by Gasteiger charge is 2.07. The molecule has 4 heteroatoms. The average molecular weight is 265 g/mol. The van der Waals surface area contributed by atoms with Crippen molar-refractivity contribution < 1.29 is 4.79 Å². The minimum atomic E-state index is -0.0483. The van der Waals surface area contributed by atoms with Gasteiger partial charge in [0, 0.05) is 17.5 Å². The normalized spacial score (nSPS) is 10.7. The molecule has 0 saturated carbocycles. The van der Waals surface area contributed by atoms with Crippen molar-refractivity contribution in [3.63, 3.8) is 0 Å². The van der Waals surface area contributed by atoms with Gasteiger partial charge in [-0.25, -0.2) is 0 Å². The third kappa shape index (κ3) is 2.40. The summed E-state index contributed by atoms with van der Waals surface area (Å²) in [6.07, 6.45) is 1.78. The molecule has 3 aromatic rings.